The van der Waals surface area contributed by atoms with Gasteiger partial charge in [0.1, 0.15) is 0 Å². The number of piperidine rings is 1. The summed E-state index contributed by atoms with van der Waals surface area (Å²) in [6.07, 6.45) is 20.8. The van der Waals surface area contributed by atoms with Gasteiger partial charge < -0.3 is 20.1 Å². The number of esters is 1. The van der Waals surface area contributed by atoms with Crippen molar-refractivity contribution in [3.8, 4) is 0 Å². The average molecular weight is 483 g/mol. The zero-order chi connectivity index (χ0) is 24.9. The second-order valence-electron chi connectivity index (χ2n) is 11.0. The number of unbranched alkanes of at least 4 members (excludes halogenated alkanes) is 10. The molecule has 1 atom stereocenters. The van der Waals surface area contributed by atoms with E-state index in [1.165, 1.54) is 77.0 Å². The van der Waals surface area contributed by atoms with Gasteiger partial charge in [-0.2, -0.15) is 0 Å². The number of carbonyl (C=O) groups excluding carboxylic acids is 1. The molecule has 5 heteroatoms. The van der Waals surface area contributed by atoms with Gasteiger partial charge in [-0.15, -0.1) is 0 Å². The summed E-state index contributed by atoms with van der Waals surface area (Å²) in [5, 5.41) is 14.0. The highest BCUT2D eigenvalue weighted by atomic mass is 16.5. The lowest BCUT2D eigenvalue weighted by molar-refractivity contribution is -0.145. The zero-order valence-corrected chi connectivity index (χ0v) is 23.1. The molecule has 0 aromatic rings. The average Bonchev–Trinajstić information content (AvgIpc) is 2.81. The number of aliphatic hydroxyl groups is 1. The Hall–Kier alpha value is -0.650. The maximum atomic E-state index is 12.3. The first kappa shape index (κ1) is 31.4. The zero-order valence-electron chi connectivity index (χ0n) is 23.1. The van der Waals surface area contributed by atoms with E-state index in [0.29, 0.717) is 18.9 Å². The normalized spacial score (nSPS) is 16.6. The van der Waals surface area contributed by atoms with Crippen LogP contribution in [0.5, 0.6) is 0 Å². The van der Waals surface area contributed by atoms with Gasteiger partial charge in [0.2, 0.25) is 0 Å². The van der Waals surface area contributed by atoms with E-state index in [2.05, 4.69) is 31.1 Å². The van der Waals surface area contributed by atoms with Crippen molar-refractivity contribution in [3.63, 3.8) is 0 Å². The number of hydrogen-bond acceptors (Lipinski definition) is 5. The Kier molecular flexibility index (Phi) is 19.0. The van der Waals surface area contributed by atoms with Gasteiger partial charge in [0.05, 0.1) is 12.2 Å². The van der Waals surface area contributed by atoms with Crippen LogP contribution in [-0.4, -0.2) is 61.4 Å². The van der Waals surface area contributed by atoms with Gasteiger partial charge in [-0.25, -0.2) is 0 Å². The molecule has 0 aliphatic carbocycles. The minimum Gasteiger partial charge on any atom is -0.465 e. The number of carbonyl (C=O) groups is 1. The minimum absolute atomic E-state index is 0.0149. The largest absolute Gasteiger partial charge is 0.465 e. The van der Waals surface area contributed by atoms with Gasteiger partial charge in [-0.1, -0.05) is 84.5 Å². The van der Waals surface area contributed by atoms with Gasteiger partial charge in [-0.05, 0) is 71.1 Å². The van der Waals surface area contributed by atoms with Gasteiger partial charge in [0.25, 0.3) is 0 Å². The predicted octanol–water partition coefficient (Wildman–Crippen LogP) is 6.47. The van der Waals surface area contributed by atoms with Crippen LogP contribution in [0.3, 0.4) is 0 Å². The molecule has 5 nitrogen and oxygen atoms in total. The highest BCUT2D eigenvalue weighted by molar-refractivity contribution is 5.69. The maximum Gasteiger partial charge on any atom is 0.305 e. The van der Waals surface area contributed by atoms with Crippen molar-refractivity contribution in [2.24, 2.45) is 5.92 Å². The second-order valence-corrected chi connectivity index (χ2v) is 11.0. The Bertz CT molecular complexity index is 480. The van der Waals surface area contributed by atoms with Crippen LogP contribution in [0.4, 0.5) is 0 Å². The number of nitrogens with one attached hydrogen (secondary N) is 1. The lowest BCUT2D eigenvalue weighted by Crippen LogP contribution is -2.49. The molecule has 202 valence electrons. The molecular formula is C29H58N2O3. The number of hydrogen-bond donors (Lipinski definition) is 2. The Morgan fingerprint density at radius 1 is 0.882 bits per heavy atom. The molecule has 0 aromatic carbocycles. The molecule has 0 amide bonds. The second kappa shape index (κ2) is 20.5. The van der Waals surface area contributed by atoms with E-state index in [4.69, 9.17) is 4.74 Å². The molecule has 1 unspecified atom stereocenters. The topological polar surface area (TPSA) is 61.8 Å². The van der Waals surface area contributed by atoms with E-state index in [0.717, 1.165) is 58.3 Å². The quantitative estimate of drug-likeness (QED) is 0.137. The summed E-state index contributed by atoms with van der Waals surface area (Å²) in [5.41, 5.74) is -0.535. The molecule has 1 rings (SSSR count). The maximum absolute atomic E-state index is 12.3. The van der Waals surface area contributed by atoms with Crippen LogP contribution < -0.4 is 5.32 Å². The predicted molar refractivity (Wildman–Crippen MR) is 144 cm³/mol. The van der Waals surface area contributed by atoms with Crippen LogP contribution in [0, 0.1) is 5.92 Å². The Balaban J connectivity index is 2.15. The highest BCUT2D eigenvalue weighted by Crippen LogP contribution is 2.21. The third-order valence-electron chi connectivity index (χ3n) is 7.43. The summed E-state index contributed by atoms with van der Waals surface area (Å²) >= 11 is 0. The molecule has 1 heterocycles. The lowest BCUT2D eigenvalue weighted by Gasteiger charge is -2.36. The molecule has 0 radical (unpaired) electrons. The molecule has 34 heavy (non-hydrogen) atoms. The molecule has 0 spiro atoms. The van der Waals surface area contributed by atoms with Crippen molar-refractivity contribution in [1.82, 2.24) is 10.2 Å². The summed E-state index contributed by atoms with van der Waals surface area (Å²) in [5.74, 6) is 0.528. The van der Waals surface area contributed by atoms with E-state index in [1.807, 2.05) is 0 Å². The summed E-state index contributed by atoms with van der Waals surface area (Å²) in [6.45, 7) is 8.68. The van der Waals surface area contributed by atoms with Crippen molar-refractivity contribution in [2.75, 3.05) is 39.8 Å². The number of ether oxygens (including phenoxy) is 1. The van der Waals surface area contributed by atoms with E-state index < -0.39 is 5.60 Å². The molecule has 2 N–H and O–H groups in total. The number of rotatable bonds is 22. The molecule has 0 saturated carbocycles. The number of likely N-dealkylation sites (N-methyl/N-ethyl adjacent to an activating group) is 1. The highest BCUT2D eigenvalue weighted by Gasteiger charge is 2.30. The van der Waals surface area contributed by atoms with Crippen molar-refractivity contribution in [3.05, 3.63) is 0 Å². The lowest BCUT2D eigenvalue weighted by atomic mass is 9.92. The molecular weight excluding hydrogens is 424 g/mol. The van der Waals surface area contributed by atoms with Gasteiger partial charge in [-0.3, -0.25) is 4.79 Å². The van der Waals surface area contributed by atoms with Crippen LogP contribution in [0.25, 0.3) is 0 Å². The standard InChI is InChI=1S/C29H58N2O3/c1-4-6-8-10-11-14-18-27(17-13-9-7-5-2)25-34-28(32)19-15-12-16-24-31(3)26-29(33)20-22-30-23-21-29/h27,30,33H,4-26H2,1-3H3. The Morgan fingerprint density at radius 3 is 2.09 bits per heavy atom. The molecule has 1 aliphatic heterocycles. The van der Waals surface area contributed by atoms with Crippen molar-refractivity contribution < 1.29 is 14.6 Å². The van der Waals surface area contributed by atoms with Crippen molar-refractivity contribution >= 4 is 5.97 Å². The molecule has 1 fully saturated rings. The van der Waals surface area contributed by atoms with E-state index in [-0.39, 0.29) is 5.97 Å². The first-order valence-corrected chi connectivity index (χ1v) is 14.8. The summed E-state index contributed by atoms with van der Waals surface area (Å²) in [6, 6.07) is 0. The van der Waals surface area contributed by atoms with Crippen LogP contribution in [0.1, 0.15) is 129 Å². The third kappa shape index (κ3) is 16.9. The van der Waals surface area contributed by atoms with Gasteiger partial charge in [0, 0.05) is 13.0 Å². The van der Waals surface area contributed by atoms with Crippen molar-refractivity contribution in [2.45, 2.75) is 135 Å². The Morgan fingerprint density at radius 2 is 1.44 bits per heavy atom. The third-order valence-corrected chi connectivity index (χ3v) is 7.43. The molecule has 1 saturated heterocycles. The van der Waals surface area contributed by atoms with Gasteiger partial charge in [0.15, 0.2) is 0 Å². The molecule has 0 bridgehead atoms. The van der Waals surface area contributed by atoms with E-state index in [1.54, 1.807) is 0 Å². The van der Waals surface area contributed by atoms with Gasteiger partial charge >= 0.3 is 5.97 Å². The number of nitrogens with zero attached hydrogens (tertiary/aromatic N) is 1. The smallest absolute Gasteiger partial charge is 0.305 e. The van der Waals surface area contributed by atoms with Crippen LogP contribution in [0.15, 0.2) is 0 Å². The minimum atomic E-state index is -0.535. The molecule has 0 aromatic heterocycles. The van der Waals surface area contributed by atoms with Crippen LogP contribution in [-0.2, 0) is 9.53 Å². The monoisotopic (exact) mass is 482 g/mol. The fraction of sp³-hybridized carbons (Fsp3) is 0.966. The van der Waals surface area contributed by atoms with Crippen LogP contribution in [0.2, 0.25) is 0 Å². The van der Waals surface area contributed by atoms with Crippen molar-refractivity contribution in [1.29, 1.82) is 0 Å². The summed E-state index contributed by atoms with van der Waals surface area (Å²) < 4.78 is 5.71. The van der Waals surface area contributed by atoms with Crippen LogP contribution >= 0.6 is 0 Å². The fourth-order valence-electron chi connectivity index (χ4n) is 5.13. The summed E-state index contributed by atoms with van der Waals surface area (Å²) in [4.78, 5) is 14.5. The summed E-state index contributed by atoms with van der Waals surface area (Å²) in [7, 11) is 2.10. The first-order chi connectivity index (χ1) is 16.5. The fourth-order valence-corrected chi connectivity index (χ4v) is 5.13. The Labute approximate surface area is 211 Å². The first-order valence-electron chi connectivity index (χ1n) is 14.8. The molecule has 1 aliphatic rings. The SMILES string of the molecule is CCCCCCCCC(CCCCCC)COC(=O)CCCCCN(C)CC1(O)CCNCC1. The van der Waals surface area contributed by atoms with E-state index in [9.17, 15) is 9.90 Å². The van der Waals surface area contributed by atoms with E-state index >= 15 is 0 Å².